The molecule has 0 unspecified atom stereocenters. The van der Waals surface area contributed by atoms with Crippen molar-refractivity contribution in [2.24, 2.45) is 0 Å². The maximum atomic E-state index is 13.0. The fraction of sp³-hybridized carbons (Fsp3) is 0.333. The first-order valence-electron chi connectivity index (χ1n) is 9.32. The molecule has 1 heterocycles. The zero-order valence-corrected chi connectivity index (χ0v) is 17.4. The van der Waals surface area contributed by atoms with Gasteiger partial charge in [-0.05, 0) is 25.0 Å². The van der Waals surface area contributed by atoms with Gasteiger partial charge in [0.2, 0.25) is 15.5 Å². The summed E-state index contributed by atoms with van der Waals surface area (Å²) < 4.78 is 46.3. The van der Waals surface area contributed by atoms with Gasteiger partial charge >= 0.3 is 7.60 Å². The van der Waals surface area contributed by atoms with Gasteiger partial charge in [-0.3, -0.25) is 9.36 Å². The van der Waals surface area contributed by atoms with E-state index in [-0.39, 0.29) is 33.5 Å². The average Bonchev–Trinajstić information content (AvgIpc) is 2.66. The summed E-state index contributed by atoms with van der Waals surface area (Å²) in [6, 6.07) is 5.04. The Morgan fingerprint density at radius 2 is 1.90 bits per heavy atom. The van der Waals surface area contributed by atoms with E-state index in [0.29, 0.717) is 0 Å². The molecule has 30 heavy (non-hydrogen) atoms. The monoisotopic (exact) mass is 453 g/mol. The van der Waals surface area contributed by atoms with Crippen LogP contribution in [0.15, 0.2) is 38.4 Å². The van der Waals surface area contributed by atoms with E-state index in [9.17, 15) is 27.6 Å². The summed E-state index contributed by atoms with van der Waals surface area (Å²) in [6.45, 7) is 0. The zero-order valence-electron chi connectivity index (χ0n) is 15.7. The minimum Gasteiger partial charge on any atom is -0.453 e. The van der Waals surface area contributed by atoms with Crippen LogP contribution in [0.2, 0.25) is 0 Å². The molecule has 10 nitrogen and oxygen atoms in total. The summed E-state index contributed by atoms with van der Waals surface area (Å²) in [5.74, 6) is -0.199. The normalized spacial score (nSPS) is 16.3. The quantitative estimate of drug-likeness (QED) is 0.258. The SMILES string of the molecule is Nc1c(P(=O)(O)O)c2nc3c(S(=O)(=O)NC4CCCCC4)cccc3oc-2cc1=O. The molecule has 0 saturated heterocycles. The summed E-state index contributed by atoms with van der Waals surface area (Å²) in [7, 11) is -8.98. The number of fused-ring (bicyclic) bond motifs is 2. The molecule has 4 rings (SSSR count). The Kier molecular flexibility index (Phi) is 5.19. The number of benzene rings is 2. The Hall–Kier alpha value is -2.30. The molecule has 1 aromatic carbocycles. The van der Waals surface area contributed by atoms with Crippen LogP contribution in [-0.4, -0.2) is 29.2 Å². The molecule has 3 aliphatic rings. The van der Waals surface area contributed by atoms with Crippen LogP contribution in [0.4, 0.5) is 5.69 Å². The Balaban J connectivity index is 1.96. The largest absolute Gasteiger partial charge is 0.453 e. The van der Waals surface area contributed by atoms with E-state index in [4.69, 9.17) is 10.2 Å². The minimum atomic E-state index is -5.00. The molecule has 0 aromatic heterocycles. The van der Waals surface area contributed by atoms with Crippen molar-refractivity contribution in [1.29, 1.82) is 0 Å². The Morgan fingerprint density at radius 1 is 1.20 bits per heavy atom. The van der Waals surface area contributed by atoms with E-state index in [2.05, 4.69) is 9.71 Å². The third-order valence-electron chi connectivity index (χ3n) is 5.15. The van der Waals surface area contributed by atoms with Gasteiger partial charge in [-0.15, -0.1) is 0 Å². The third-order valence-corrected chi connectivity index (χ3v) is 7.74. The molecule has 12 heteroatoms. The van der Waals surface area contributed by atoms with Crippen molar-refractivity contribution in [1.82, 2.24) is 9.71 Å². The van der Waals surface area contributed by atoms with E-state index in [1.165, 1.54) is 18.2 Å². The lowest BCUT2D eigenvalue weighted by molar-refractivity contribution is 0.387. The second-order valence-corrected chi connectivity index (χ2v) is 10.5. The standard InChI is InChI=1S/C18H20N3O7PS/c19-15-11(22)9-13-17(18(15)29(23,24)25)20-16-12(28-13)7-4-8-14(16)30(26,27)21-10-5-2-1-3-6-10/h4,7-10,21H,1-3,5-6,19H2,(H2,23,24,25). The number of nitrogens with one attached hydrogen (secondary N) is 1. The van der Waals surface area contributed by atoms with Crippen molar-refractivity contribution < 1.29 is 27.2 Å². The molecule has 1 fully saturated rings. The molecular formula is C18H20N3O7PS. The van der Waals surface area contributed by atoms with Crippen LogP contribution in [-0.2, 0) is 14.6 Å². The first-order chi connectivity index (χ1) is 14.1. The number of hydrogen-bond acceptors (Lipinski definition) is 7. The number of aromatic nitrogens is 1. The topological polar surface area (TPSA) is 173 Å². The van der Waals surface area contributed by atoms with Gasteiger partial charge in [0.25, 0.3) is 0 Å². The smallest absolute Gasteiger partial charge is 0.360 e. The van der Waals surface area contributed by atoms with E-state index in [0.717, 1.165) is 38.2 Å². The molecule has 5 N–H and O–H groups in total. The number of rotatable bonds is 4. The van der Waals surface area contributed by atoms with Gasteiger partial charge in [-0.1, -0.05) is 25.3 Å². The van der Waals surface area contributed by atoms with E-state index in [1.807, 2.05) is 0 Å². The predicted molar refractivity (Wildman–Crippen MR) is 110 cm³/mol. The molecule has 1 saturated carbocycles. The van der Waals surface area contributed by atoms with Gasteiger partial charge in [0.15, 0.2) is 11.3 Å². The molecular weight excluding hydrogens is 433 g/mol. The fourth-order valence-electron chi connectivity index (χ4n) is 3.75. The van der Waals surface area contributed by atoms with Crippen molar-refractivity contribution in [2.75, 3.05) is 5.73 Å². The number of anilines is 1. The molecule has 1 aliphatic heterocycles. The lowest BCUT2D eigenvalue weighted by Gasteiger charge is -2.23. The molecule has 0 amide bonds. The van der Waals surface area contributed by atoms with Gasteiger partial charge in [-0.2, -0.15) is 0 Å². The number of nitrogens with two attached hydrogens (primary N) is 1. The Bertz CT molecular complexity index is 1310. The van der Waals surface area contributed by atoms with Crippen LogP contribution >= 0.6 is 7.60 Å². The Morgan fingerprint density at radius 3 is 2.57 bits per heavy atom. The van der Waals surface area contributed by atoms with Crippen LogP contribution in [0, 0.1) is 0 Å². The highest BCUT2D eigenvalue weighted by Gasteiger charge is 2.32. The van der Waals surface area contributed by atoms with Crippen molar-refractivity contribution in [3.8, 4) is 11.5 Å². The van der Waals surface area contributed by atoms with Gasteiger partial charge in [0.1, 0.15) is 21.4 Å². The number of nitrogens with zero attached hydrogens (tertiary/aromatic N) is 1. The average molecular weight is 453 g/mol. The van der Waals surface area contributed by atoms with Crippen molar-refractivity contribution in [3.05, 3.63) is 34.5 Å². The van der Waals surface area contributed by atoms with E-state index >= 15 is 0 Å². The summed E-state index contributed by atoms with van der Waals surface area (Å²) in [6.07, 6.45) is 4.39. The van der Waals surface area contributed by atoms with Gasteiger partial charge in [0, 0.05) is 12.1 Å². The molecule has 1 aromatic rings. The first-order valence-corrected chi connectivity index (χ1v) is 12.4. The number of hydrogen-bond donors (Lipinski definition) is 4. The van der Waals surface area contributed by atoms with Crippen LogP contribution in [0.3, 0.4) is 0 Å². The first kappa shape index (κ1) is 21.0. The summed E-state index contributed by atoms with van der Waals surface area (Å²) >= 11 is 0. The maximum Gasteiger partial charge on any atom is 0.360 e. The molecule has 0 atom stereocenters. The fourth-order valence-corrected chi connectivity index (χ4v) is 6.07. The van der Waals surface area contributed by atoms with Gasteiger partial charge < -0.3 is 19.9 Å². The molecule has 160 valence electrons. The van der Waals surface area contributed by atoms with Crippen LogP contribution in [0.5, 0.6) is 0 Å². The highest BCUT2D eigenvalue weighted by Crippen LogP contribution is 2.40. The lowest BCUT2D eigenvalue weighted by Crippen LogP contribution is -2.36. The minimum absolute atomic E-state index is 0.0508. The third kappa shape index (κ3) is 3.75. The van der Waals surface area contributed by atoms with Crippen molar-refractivity contribution in [3.63, 3.8) is 0 Å². The highest BCUT2D eigenvalue weighted by molar-refractivity contribution is 7.89. The van der Waals surface area contributed by atoms with Crippen LogP contribution < -0.4 is 21.2 Å². The summed E-state index contributed by atoms with van der Waals surface area (Å²) in [5.41, 5.74) is 3.72. The summed E-state index contributed by atoms with van der Waals surface area (Å²) in [4.78, 5) is 35.4. The number of para-hydroxylation sites is 1. The molecule has 2 aliphatic carbocycles. The predicted octanol–water partition coefficient (Wildman–Crippen LogP) is 1.29. The maximum absolute atomic E-state index is 13.0. The van der Waals surface area contributed by atoms with Crippen LogP contribution in [0.1, 0.15) is 32.1 Å². The van der Waals surface area contributed by atoms with Gasteiger partial charge in [0.05, 0.1) is 5.69 Å². The van der Waals surface area contributed by atoms with E-state index in [1.54, 1.807) is 0 Å². The number of nitrogen functional groups attached to an aromatic ring is 1. The van der Waals surface area contributed by atoms with Gasteiger partial charge in [-0.25, -0.2) is 18.1 Å². The zero-order chi connectivity index (χ0) is 21.7. The summed E-state index contributed by atoms with van der Waals surface area (Å²) in [5, 5.41) is -0.775. The number of sulfonamides is 1. The highest BCUT2D eigenvalue weighted by atomic mass is 32.2. The Labute approximate surface area is 171 Å². The molecule has 0 bridgehead atoms. The van der Waals surface area contributed by atoms with E-state index < -0.39 is 34.0 Å². The van der Waals surface area contributed by atoms with Crippen LogP contribution in [0.25, 0.3) is 22.6 Å². The molecule has 0 spiro atoms. The second-order valence-electron chi connectivity index (χ2n) is 7.30. The second kappa shape index (κ2) is 7.44. The molecule has 0 radical (unpaired) electrons. The van der Waals surface area contributed by atoms with Crippen molar-refractivity contribution in [2.45, 2.75) is 43.0 Å². The lowest BCUT2D eigenvalue weighted by atomic mass is 9.96. The van der Waals surface area contributed by atoms with Crippen molar-refractivity contribution >= 4 is 39.7 Å².